The minimum absolute atomic E-state index is 0.0674. The fourth-order valence-electron chi connectivity index (χ4n) is 4.61. The molecular weight excluding hydrogens is 450 g/mol. The van der Waals surface area contributed by atoms with Gasteiger partial charge in [-0.15, -0.1) is 0 Å². The second-order valence-electron chi connectivity index (χ2n) is 8.70. The Morgan fingerprint density at radius 3 is 2.56 bits per heavy atom. The molecule has 2 saturated heterocycles. The number of hydrogen-bond acceptors (Lipinski definition) is 4. The van der Waals surface area contributed by atoms with Crippen LogP contribution in [0.25, 0.3) is 10.8 Å². The zero-order valence-electron chi connectivity index (χ0n) is 18.3. The summed E-state index contributed by atoms with van der Waals surface area (Å²) in [5.41, 5.74) is 0. The standard InChI is InChI=1S/C23H28ClN3O4S/c1-15-5-3-4-11-26(15)22(28)16(2)27-12-10-21(23(27)29)25-32(30,31)20-9-7-17-13-19(24)8-6-18(17)14-20/h6-9,13-16,21,25H,3-5,10-12H2,1-2H3/t15?,16-,21?/m0/s1. The van der Waals surface area contributed by atoms with Crippen molar-refractivity contribution >= 4 is 44.2 Å². The van der Waals surface area contributed by atoms with Gasteiger partial charge in [-0.05, 0) is 74.6 Å². The molecule has 0 aromatic heterocycles. The zero-order chi connectivity index (χ0) is 23.0. The van der Waals surface area contributed by atoms with Crippen LogP contribution < -0.4 is 4.72 Å². The van der Waals surface area contributed by atoms with E-state index in [9.17, 15) is 18.0 Å². The van der Waals surface area contributed by atoms with E-state index in [0.717, 1.165) is 30.0 Å². The molecule has 2 heterocycles. The van der Waals surface area contributed by atoms with Crippen molar-refractivity contribution in [2.75, 3.05) is 13.1 Å². The van der Waals surface area contributed by atoms with E-state index >= 15 is 0 Å². The van der Waals surface area contributed by atoms with Crippen LogP contribution in [0, 0.1) is 0 Å². The first-order valence-corrected chi connectivity index (χ1v) is 12.9. The highest BCUT2D eigenvalue weighted by Gasteiger charge is 2.40. The van der Waals surface area contributed by atoms with Crippen molar-refractivity contribution < 1.29 is 18.0 Å². The number of likely N-dealkylation sites (tertiary alicyclic amines) is 2. The van der Waals surface area contributed by atoms with Gasteiger partial charge in [-0.1, -0.05) is 23.7 Å². The summed E-state index contributed by atoms with van der Waals surface area (Å²) in [7, 11) is -3.90. The molecule has 3 atom stereocenters. The van der Waals surface area contributed by atoms with Gasteiger partial charge in [-0.2, -0.15) is 4.72 Å². The van der Waals surface area contributed by atoms with Crippen LogP contribution in [-0.4, -0.2) is 61.2 Å². The number of carbonyl (C=O) groups is 2. The van der Waals surface area contributed by atoms with Crippen molar-refractivity contribution in [1.82, 2.24) is 14.5 Å². The summed E-state index contributed by atoms with van der Waals surface area (Å²) in [6, 6.07) is 8.66. The quantitative estimate of drug-likeness (QED) is 0.716. The van der Waals surface area contributed by atoms with Gasteiger partial charge in [0.05, 0.1) is 4.90 Å². The lowest BCUT2D eigenvalue weighted by molar-refractivity contribution is -0.145. The molecule has 172 valence electrons. The predicted molar refractivity (Wildman–Crippen MR) is 124 cm³/mol. The van der Waals surface area contributed by atoms with E-state index in [1.54, 1.807) is 37.3 Å². The summed E-state index contributed by atoms with van der Waals surface area (Å²) >= 11 is 6.00. The zero-order valence-corrected chi connectivity index (χ0v) is 19.8. The number of sulfonamides is 1. The van der Waals surface area contributed by atoms with Crippen LogP contribution in [0.4, 0.5) is 0 Å². The molecule has 2 aliphatic rings. The van der Waals surface area contributed by atoms with Gasteiger partial charge in [0.15, 0.2) is 0 Å². The summed E-state index contributed by atoms with van der Waals surface area (Å²) in [6.07, 6.45) is 3.37. The number of benzene rings is 2. The monoisotopic (exact) mass is 477 g/mol. The number of hydrogen-bond donors (Lipinski definition) is 1. The van der Waals surface area contributed by atoms with Crippen LogP contribution in [0.2, 0.25) is 5.02 Å². The molecular formula is C23H28ClN3O4S. The number of rotatable bonds is 5. The molecule has 0 aliphatic carbocycles. The van der Waals surface area contributed by atoms with E-state index in [4.69, 9.17) is 11.6 Å². The fraction of sp³-hybridized carbons (Fsp3) is 0.478. The Labute approximate surface area is 193 Å². The largest absolute Gasteiger partial charge is 0.338 e. The summed E-state index contributed by atoms with van der Waals surface area (Å²) in [6.45, 7) is 4.81. The van der Waals surface area contributed by atoms with Crippen molar-refractivity contribution in [3.05, 3.63) is 41.4 Å². The minimum Gasteiger partial charge on any atom is -0.338 e. The number of nitrogens with zero attached hydrogens (tertiary/aromatic N) is 2. The maximum atomic E-state index is 13.0. The van der Waals surface area contributed by atoms with Gasteiger partial charge in [-0.25, -0.2) is 8.42 Å². The van der Waals surface area contributed by atoms with Gasteiger partial charge >= 0.3 is 0 Å². The molecule has 0 bridgehead atoms. The molecule has 2 amide bonds. The van der Waals surface area contributed by atoms with Crippen molar-refractivity contribution in [2.45, 2.75) is 62.6 Å². The molecule has 1 N–H and O–H groups in total. The Kier molecular flexibility index (Phi) is 6.47. The Bertz CT molecular complexity index is 1150. The highest BCUT2D eigenvalue weighted by atomic mass is 35.5. The number of piperidine rings is 1. The first kappa shape index (κ1) is 23.0. The van der Waals surface area contributed by atoms with E-state index in [1.807, 2.05) is 11.8 Å². The number of fused-ring (bicyclic) bond motifs is 1. The number of nitrogens with one attached hydrogen (secondary N) is 1. The van der Waals surface area contributed by atoms with Gasteiger partial charge < -0.3 is 9.80 Å². The fourth-order valence-corrected chi connectivity index (χ4v) is 6.05. The van der Waals surface area contributed by atoms with Gasteiger partial charge in [-0.3, -0.25) is 9.59 Å². The van der Waals surface area contributed by atoms with Crippen LogP contribution in [0.5, 0.6) is 0 Å². The molecule has 0 spiro atoms. The molecule has 2 aromatic rings. The average molecular weight is 478 g/mol. The van der Waals surface area contributed by atoms with Crippen LogP contribution in [0.15, 0.2) is 41.3 Å². The Balaban J connectivity index is 1.46. The summed E-state index contributed by atoms with van der Waals surface area (Å²) in [4.78, 5) is 29.4. The lowest BCUT2D eigenvalue weighted by Crippen LogP contribution is -2.53. The van der Waals surface area contributed by atoms with Crippen molar-refractivity contribution in [2.24, 2.45) is 0 Å². The second-order valence-corrected chi connectivity index (χ2v) is 10.9. The van der Waals surface area contributed by atoms with E-state index in [2.05, 4.69) is 4.72 Å². The van der Waals surface area contributed by atoms with Crippen LogP contribution in [0.1, 0.15) is 39.5 Å². The number of halogens is 1. The third-order valence-corrected chi connectivity index (χ3v) is 8.24. The maximum Gasteiger partial charge on any atom is 0.245 e. The molecule has 7 nitrogen and oxygen atoms in total. The molecule has 4 rings (SSSR count). The molecule has 2 aromatic carbocycles. The topological polar surface area (TPSA) is 86.8 Å². The van der Waals surface area contributed by atoms with Gasteiger partial charge in [0, 0.05) is 24.2 Å². The highest BCUT2D eigenvalue weighted by Crippen LogP contribution is 2.25. The van der Waals surface area contributed by atoms with E-state index in [-0.39, 0.29) is 22.8 Å². The molecule has 32 heavy (non-hydrogen) atoms. The molecule has 2 unspecified atom stereocenters. The van der Waals surface area contributed by atoms with Crippen molar-refractivity contribution in [3.63, 3.8) is 0 Å². The molecule has 0 radical (unpaired) electrons. The van der Waals surface area contributed by atoms with Crippen molar-refractivity contribution in [3.8, 4) is 0 Å². The molecule has 9 heteroatoms. The Hall–Kier alpha value is -2.16. The lowest BCUT2D eigenvalue weighted by Gasteiger charge is -2.37. The first-order chi connectivity index (χ1) is 15.2. The Morgan fingerprint density at radius 1 is 1.09 bits per heavy atom. The first-order valence-electron chi connectivity index (χ1n) is 11.0. The van der Waals surface area contributed by atoms with Gasteiger partial charge in [0.1, 0.15) is 12.1 Å². The Morgan fingerprint density at radius 2 is 1.81 bits per heavy atom. The number of amides is 2. The van der Waals surface area contributed by atoms with E-state index in [1.165, 1.54) is 11.0 Å². The van der Waals surface area contributed by atoms with Gasteiger partial charge in [0.25, 0.3) is 0 Å². The van der Waals surface area contributed by atoms with Crippen LogP contribution >= 0.6 is 11.6 Å². The summed E-state index contributed by atoms with van der Waals surface area (Å²) in [5, 5.41) is 2.15. The highest BCUT2D eigenvalue weighted by molar-refractivity contribution is 7.89. The van der Waals surface area contributed by atoms with Crippen LogP contribution in [0.3, 0.4) is 0 Å². The number of carbonyl (C=O) groups excluding carboxylic acids is 2. The SMILES string of the molecule is CC1CCCCN1C(=O)[C@H](C)N1CCC(NS(=O)(=O)c2ccc3cc(Cl)ccc3c2)C1=O. The van der Waals surface area contributed by atoms with Gasteiger partial charge in [0.2, 0.25) is 21.8 Å². The smallest absolute Gasteiger partial charge is 0.245 e. The van der Waals surface area contributed by atoms with Crippen molar-refractivity contribution in [1.29, 1.82) is 0 Å². The minimum atomic E-state index is -3.90. The second kappa shape index (κ2) is 9.00. The molecule has 0 saturated carbocycles. The summed E-state index contributed by atoms with van der Waals surface area (Å²) < 4.78 is 28.5. The van der Waals surface area contributed by atoms with E-state index in [0.29, 0.717) is 24.5 Å². The van der Waals surface area contributed by atoms with Crippen LogP contribution in [-0.2, 0) is 19.6 Å². The maximum absolute atomic E-state index is 13.0. The molecule has 2 fully saturated rings. The molecule has 2 aliphatic heterocycles. The third-order valence-electron chi connectivity index (χ3n) is 6.53. The predicted octanol–water partition coefficient (Wildman–Crippen LogP) is 3.16. The summed E-state index contributed by atoms with van der Waals surface area (Å²) in [5.74, 6) is -0.422. The lowest BCUT2D eigenvalue weighted by atomic mass is 10.0. The average Bonchev–Trinajstić information content (AvgIpc) is 3.12. The van der Waals surface area contributed by atoms with E-state index < -0.39 is 22.1 Å². The third kappa shape index (κ3) is 4.49. The normalized spacial score (nSPS) is 23.0.